The molecule has 0 aromatic carbocycles. The molecular formula is C8H18N4. The summed E-state index contributed by atoms with van der Waals surface area (Å²) in [5.41, 5.74) is 5.41. The minimum absolute atomic E-state index is 0.206. The predicted molar refractivity (Wildman–Crippen MR) is 50.2 cm³/mol. The van der Waals surface area contributed by atoms with Crippen LogP contribution in [0.2, 0.25) is 0 Å². The van der Waals surface area contributed by atoms with E-state index in [-0.39, 0.29) is 5.96 Å². The van der Waals surface area contributed by atoms with Crippen LogP contribution >= 0.6 is 0 Å². The second-order valence-electron chi connectivity index (χ2n) is 3.31. The van der Waals surface area contributed by atoms with E-state index in [1.807, 2.05) is 4.90 Å². The Bertz CT molecular complexity index is 168. The van der Waals surface area contributed by atoms with Crippen molar-refractivity contribution in [1.82, 2.24) is 9.80 Å². The average molecular weight is 170 g/mol. The van der Waals surface area contributed by atoms with E-state index in [4.69, 9.17) is 11.1 Å². The molecule has 3 N–H and O–H groups in total. The molecular weight excluding hydrogens is 152 g/mol. The number of likely N-dealkylation sites (N-methyl/N-ethyl adjacent to an activating group) is 1. The Morgan fingerprint density at radius 1 is 1.58 bits per heavy atom. The second kappa shape index (κ2) is 3.76. The van der Waals surface area contributed by atoms with E-state index in [0.29, 0.717) is 6.04 Å². The number of nitrogens with two attached hydrogens (primary N) is 1. The topological polar surface area (TPSA) is 56.4 Å². The standard InChI is InChI=1S/C8H18N4/c1-3-11-4-5-12(8(9)10)6-7(11)2/h7H,3-6H2,1-2H3,(H3,9,10). The van der Waals surface area contributed by atoms with Gasteiger partial charge in [0.15, 0.2) is 5.96 Å². The van der Waals surface area contributed by atoms with E-state index in [1.165, 1.54) is 0 Å². The lowest BCUT2D eigenvalue weighted by atomic mass is 10.2. The van der Waals surface area contributed by atoms with Gasteiger partial charge >= 0.3 is 0 Å². The van der Waals surface area contributed by atoms with Crippen molar-refractivity contribution in [2.75, 3.05) is 26.2 Å². The molecule has 4 nitrogen and oxygen atoms in total. The van der Waals surface area contributed by atoms with Crippen molar-refractivity contribution < 1.29 is 0 Å². The van der Waals surface area contributed by atoms with Gasteiger partial charge in [-0.15, -0.1) is 0 Å². The molecule has 1 rings (SSSR count). The van der Waals surface area contributed by atoms with Crippen LogP contribution < -0.4 is 5.73 Å². The highest BCUT2D eigenvalue weighted by molar-refractivity contribution is 5.74. The van der Waals surface area contributed by atoms with Crippen molar-refractivity contribution in [3.05, 3.63) is 0 Å². The summed E-state index contributed by atoms with van der Waals surface area (Å²) in [7, 11) is 0. The van der Waals surface area contributed by atoms with Crippen LogP contribution in [-0.4, -0.2) is 48.0 Å². The van der Waals surface area contributed by atoms with E-state index in [2.05, 4.69) is 18.7 Å². The smallest absolute Gasteiger partial charge is 0.188 e. The van der Waals surface area contributed by atoms with Gasteiger partial charge in [0.25, 0.3) is 0 Å². The normalized spacial score (nSPS) is 25.8. The number of nitrogens with zero attached hydrogens (tertiary/aromatic N) is 2. The molecule has 1 heterocycles. The molecule has 1 aliphatic heterocycles. The van der Waals surface area contributed by atoms with E-state index >= 15 is 0 Å². The Hall–Kier alpha value is -0.770. The van der Waals surface area contributed by atoms with Gasteiger partial charge in [-0.2, -0.15) is 0 Å². The summed E-state index contributed by atoms with van der Waals surface area (Å²) < 4.78 is 0. The minimum atomic E-state index is 0.206. The highest BCUT2D eigenvalue weighted by Gasteiger charge is 2.22. The van der Waals surface area contributed by atoms with E-state index < -0.39 is 0 Å². The summed E-state index contributed by atoms with van der Waals surface area (Å²) in [5, 5.41) is 7.29. The molecule has 1 atom stereocenters. The van der Waals surface area contributed by atoms with Crippen molar-refractivity contribution in [1.29, 1.82) is 5.41 Å². The Morgan fingerprint density at radius 2 is 2.25 bits per heavy atom. The zero-order chi connectivity index (χ0) is 9.14. The fourth-order valence-corrected chi connectivity index (χ4v) is 1.68. The number of hydrogen-bond acceptors (Lipinski definition) is 2. The number of guanidine groups is 1. The first kappa shape index (κ1) is 9.32. The van der Waals surface area contributed by atoms with Crippen LogP contribution in [0.4, 0.5) is 0 Å². The van der Waals surface area contributed by atoms with Crippen molar-refractivity contribution >= 4 is 5.96 Å². The molecule has 1 fully saturated rings. The summed E-state index contributed by atoms with van der Waals surface area (Å²) in [6.07, 6.45) is 0. The maximum atomic E-state index is 7.29. The van der Waals surface area contributed by atoms with Crippen molar-refractivity contribution in [2.45, 2.75) is 19.9 Å². The third-order valence-electron chi connectivity index (χ3n) is 2.51. The Labute approximate surface area is 73.8 Å². The first-order chi connectivity index (χ1) is 5.65. The zero-order valence-electron chi connectivity index (χ0n) is 7.88. The largest absolute Gasteiger partial charge is 0.370 e. The molecule has 1 unspecified atom stereocenters. The van der Waals surface area contributed by atoms with Crippen LogP contribution in [0.5, 0.6) is 0 Å². The van der Waals surface area contributed by atoms with E-state index in [0.717, 1.165) is 26.2 Å². The van der Waals surface area contributed by atoms with Crippen LogP contribution in [-0.2, 0) is 0 Å². The van der Waals surface area contributed by atoms with Crippen LogP contribution in [0.1, 0.15) is 13.8 Å². The van der Waals surface area contributed by atoms with Gasteiger partial charge < -0.3 is 10.6 Å². The fourth-order valence-electron chi connectivity index (χ4n) is 1.68. The van der Waals surface area contributed by atoms with Gasteiger partial charge in [-0.25, -0.2) is 0 Å². The third-order valence-corrected chi connectivity index (χ3v) is 2.51. The molecule has 0 radical (unpaired) electrons. The molecule has 4 heteroatoms. The lowest BCUT2D eigenvalue weighted by molar-refractivity contribution is 0.128. The second-order valence-corrected chi connectivity index (χ2v) is 3.31. The van der Waals surface area contributed by atoms with Crippen LogP contribution in [0, 0.1) is 5.41 Å². The summed E-state index contributed by atoms with van der Waals surface area (Å²) in [4.78, 5) is 4.33. The third kappa shape index (κ3) is 1.88. The summed E-state index contributed by atoms with van der Waals surface area (Å²) in [6, 6.07) is 0.521. The Morgan fingerprint density at radius 3 is 2.67 bits per heavy atom. The molecule has 0 spiro atoms. The number of nitrogens with one attached hydrogen (secondary N) is 1. The maximum absolute atomic E-state index is 7.29. The lowest BCUT2D eigenvalue weighted by Gasteiger charge is -2.39. The average Bonchev–Trinajstić information content (AvgIpc) is 2.04. The predicted octanol–water partition coefficient (Wildman–Crippen LogP) is -0.0941. The molecule has 1 saturated heterocycles. The Balaban J connectivity index is 2.46. The number of rotatable bonds is 1. The maximum Gasteiger partial charge on any atom is 0.188 e. The molecule has 70 valence electrons. The molecule has 0 aromatic rings. The molecule has 0 aromatic heterocycles. The van der Waals surface area contributed by atoms with Crippen molar-refractivity contribution in [3.8, 4) is 0 Å². The molecule has 0 aliphatic carbocycles. The summed E-state index contributed by atoms with van der Waals surface area (Å²) in [5.74, 6) is 0.206. The van der Waals surface area contributed by atoms with Gasteiger partial charge in [0.2, 0.25) is 0 Å². The fraction of sp³-hybridized carbons (Fsp3) is 0.875. The number of hydrogen-bond donors (Lipinski definition) is 2. The molecule has 0 bridgehead atoms. The van der Waals surface area contributed by atoms with Gasteiger partial charge in [0.05, 0.1) is 0 Å². The zero-order valence-corrected chi connectivity index (χ0v) is 7.88. The lowest BCUT2D eigenvalue weighted by Crippen LogP contribution is -2.54. The first-order valence-corrected chi connectivity index (χ1v) is 4.48. The van der Waals surface area contributed by atoms with Gasteiger partial charge in [-0.1, -0.05) is 6.92 Å². The molecule has 12 heavy (non-hydrogen) atoms. The van der Waals surface area contributed by atoms with Gasteiger partial charge in [0, 0.05) is 25.7 Å². The molecule has 1 aliphatic rings. The van der Waals surface area contributed by atoms with Crippen molar-refractivity contribution in [3.63, 3.8) is 0 Å². The SMILES string of the molecule is CCN1CCN(C(=N)N)CC1C. The Kier molecular flexibility index (Phi) is 2.92. The number of piperazine rings is 1. The highest BCUT2D eigenvalue weighted by Crippen LogP contribution is 2.07. The minimum Gasteiger partial charge on any atom is -0.370 e. The monoisotopic (exact) mass is 170 g/mol. The van der Waals surface area contributed by atoms with E-state index in [9.17, 15) is 0 Å². The van der Waals surface area contributed by atoms with Gasteiger partial charge in [0.1, 0.15) is 0 Å². The summed E-state index contributed by atoms with van der Waals surface area (Å²) in [6.45, 7) is 8.25. The summed E-state index contributed by atoms with van der Waals surface area (Å²) >= 11 is 0. The van der Waals surface area contributed by atoms with Crippen molar-refractivity contribution in [2.24, 2.45) is 5.73 Å². The highest BCUT2D eigenvalue weighted by atomic mass is 15.3. The van der Waals surface area contributed by atoms with Gasteiger partial charge in [-0.05, 0) is 13.5 Å². The van der Waals surface area contributed by atoms with Crippen LogP contribution in [0.15, 0.2) is 0 Å². The van der Waals surface area contributed by atoms with Crippen LogP contribution in [0.3, 0.4) is 0 Å². The molecule has 0 amide bonds. The van der Waals surface area contributed by atoms with E-state index in [1.54, 1.807) is 0 Å². The van der Waals surface area contributed by atoms with Gasteiger partial charge in [-0.3, -0.25) is 10.3 Å². The van der Waals surface area contributed by atoms with Crippen LogP contribution in [0.25, 0.3) is 0 Å². The quantitative estimate of drug-likeness (QED) is 0.427. The first-order valence-electron chi connectivity index (χ1n) is 4.48. The molecule has 0 saturated carbocycles.